The number of nitrogens with two attached hydrogens (primary N) is 1. The Labute approximate surface area is 108 Å². The van der Waals surface area contributed by atoms with Gasteiger partial charge in [0.05, 0.1) is 5.03 Å². The van der Waals surface area contributed by atoms with Crippen LogP contribution in [0.5, 0.6) is 0 Å². The number of hydrogen-bond acceptors (Lipinski definition) is 3. The summed E-state index contributed by atoms with van der Waals surface area (Å²) in [6, 6.07) is 4.35. The third kappa shape index (κ3) is 3.46. The lowest BCUT2D eigenvalue weighted by atomic mass is 10.0. The van der Waals surface area contributed by atoms with Crippen LogP contribution in [0.25, 0.3) is 0 Å². The molecule has 2 nitrogen and oxygen atoms in total. The summed E-state index contributed by atoms with van der Waals surface area (Å²) >= 11 is 1.95. The Kier molecular flexibility index (Phi) is 4.46. The molecule has 0 aromatic carbocycles. The fraction of sp³-hybridized carbons (Fsp3) is 0.643. The van der Waals surface area contributed by atoms with Crippen molar-refractivity contribution in [3.8, 4) is 0 Å². The van der Waals surface area contributed by atoms with E-state index in [-0.39, 0.29) is 6.04 Å². The summed E-state index contributed by atoms with van der Waals surface area (Å²) in [5.74, 6) is 0. The van der Waals surface area contributed by atoms with Crippen LogP contribution in [0.15, 0.2) is 17.2 Å². The number of rotatable bonds is 3. The van der Waals surface area contributed by atoms with Crippen molar-refractivity contribution in [2.24, 2.45) is 5.73 Å². The molecule has 2 N–H and O–H groups in total. The summed E-state index contributed by atoms with van der Waals surface area (Å²) < 4.78 is 0. The summed E-state index contributed by atoms with van der Waals surface area (Å²) in [6.07, 6.45) is 6.87. The van der Waals surface area contributed by atoms with Crippen LogP contribution in [0.3, 0.4) is 0 Å². The van der Waals surface area contributed by atoms with Gasteiger partial charge < -0.3 is 5.73 Å². The Morgan fingerprint density at radius 3 is 2.59 bits per heavy atom. The van der Waals surface area contributed by atoms with E-state index in [1.165, 1.54) is 37.1 Å². The van der Waals surface area contributed by atoms with Gasteiger partial charge in [-0.3, -0.25) is 0 Å². The fourth-order valence-electron chi connectivity index (χ4n) is 2.45. The molecular weight excluding hydrogens is 228 g/mol. The molecule has 0 amide bonds. The number of thioether (sulfide) groups is 1. The minimum Gasteiger partial charge on any atom is -0.324 e. The van der Waals surface area contributed by atoms with Gasteiger partial charge in [0, 0.05) is 17.0 Å². The van der Waals surface area contributed by atoms with Gasteiger partial charge in [-0.15, -0.1) is 11.8 Å². The van der Waals surface area contributed by atoms with Crippen LogP contribution in [0.4, 0.5) is 0 Å². The topological polar surface area (TPSA) is 38.9 Å². The number of pyridine rings is 1. The van der Waals surface area contributed by atoms with Crippen molar-refractivity contribution in [2.45, 2.75) is 62.3 Å². The predicted molar refractivity (Wildman–Crippen MR) is 74.3 cm³/mol. The minimum absolute atomic E-state index is 0.0798. The van der Waals surface area contributed by atoms with Crippen LogP contribution in [-0.2, 0) is 0 Å². The zero-order valence-corrected chi connectivity index (χ0v) is 11.6. The van der Waals surface area contributed by atoms with Gasteiger partial charge in [-0.1, -0.05) is 25.3 Å². The average Bonchev–Trinajstić information content (AvgIpc) is 2.30. The lowest BCUT2D eigenvalue weighted by Crippen LogP contribution is -2.10. The highest BCUT2D eigenvalue weighted by molar-refractivity contribution is 7.99. The van der Waals surface area contributed by atoms with Crippen LogP contribution in [-0.4, -0.2) is 10.2 Å². The summed E-state index contributed by atoms with van der Waals surface area (Å²) in [6.45, 7) is 4.07. The fourth-order valence-corrected chi connectivity index (χ4v) is 3.70. The molecule has 0 radical (unpaired) electrons. The molecule has 1 aliphatic rings. The summed E-state index contributed by atoms with van der Waals surface area (Å²) in [5.41, 5.74) is 8.15. The molecule has 1 fully saturated rings. The molecule has 1 heterocycles. The van der Waals surface area contributed by atoms with E-state index >= 15 is 0 Å². The Morgan fingerprint density at radius 1 is 1.29 bits per heavy atom. The maximum atomic E-state index is 5.90. The SMILES string of the molecule is Cc1nc(SC2CCCCC2)ccc1[C@H](C)N. The van der Waals surface area contributed by atoms with E-state index in [9.17, 15) is 0 Å². The van der Waals surface area contributed by atoms with Crippen LogP contribution < -0.4 is 5.73 Å². The van der Waals surface area contributed by atoms with Gasteiger partial charge in [0.2, 0.25) is 0 Å². The van der Waals surface area contributed by atoms with Gasteiger partial charge in [0.1, 0.15) is 0 Å². The number of aromatic nitrogens is 1. The van der Waals surface area contributed by atoms with Crippen molar-refractivity contribution in [2.75, 3.05) is 0 Å². The van der Waals surface area contributed by atoms with Crippen LogP contribution in [0, 0.1) is 6.92 Å². The first-order valence-corrected chi connectivity index (χ1v) is 7.44. The molecule has 1 aromatic heterocycles. The standard InChI is InChI=1S/C14H22N2S/c1-10(15)13-8-9-14(16-11(13)2)17-12-6-4-3-5-7-12/h8-10,12H,3-7,15H2,1-2H3/t10-/m0/s1. The van der Waals surface area contributed by atoms with Gasteiger partial charge >= 0.3 is 0 Å². The third-order valence-electron chi connectivity index (χ3n) is 3.43. The largest absolute Gasteiger partial charge is 0.324 e. The second-order valence-electron chi connectivity index (χ2n) is 4.99. The van der Waals surface area contributed by atoms with Gasteiger partial charge in [0.25, 0.3) is 0 Å². The molecule has 1 aromatic rings. The molecule has 3 heteroatoms. The van der Waals surface area contributed by atoms with Crippen LogP contribution >= 0.6 is 11.8 Å². The van der Waals surface area contributed by atoms with Gasteiger partial charge in [-0.05, 0) is 38.3 Å². The molecule has 0 unspecified atom stereocenters. The lowest BCUT2D eigenvalue weighted by Gasteiger charge is -2.21. The van der Waals surface area contributed by atoms with E-state index in [1.54, 1.807) is 0 Å². The molecule has 0 saturated heterocycles. The summed E-state index contributed by atoms with van der Waals surface area (Å²) in [4.78, 5) is 4.67. The maximum Gasteiger partial charge on any atom is 0.0965 e. The first-order chi connectivity index (χ1) is 8.16. The molecular formula is C14H22N2S. The monoisotopic (exact) mass is 250 g/mol. The van der Waals surface area contributed by atoms with Crippen molar-refractivity contribution in [3.05, 3.63) is 23.4 Å². The Hall–Kier alpha value is -0.540. The maximum absolute atomic E-state index is 5.90. The number of aryl methyl sites for hydroxylation is 1. The number of nitrogens with zero attached hydrogens (tertiary/aromatic N) is 1. The highest BCUT2D eigenvalue weighted by atomic mass is 32.2. The molecule has 1 atom stereocenters. The van der Waals surface area contributed by atoms with Crippen molar-refractivity contribution in [1.82, 2.24) is 4.98 Å². The Bertz CT molecular complexity index is 370. The van der Waals surface area contributed by atoms with Crippen molar-refractivity contribution in [3.63, 3.8) is 0 Å². The lowest BCUT2D eigenvalue weighted by molar-refractivity contribution is 0.515. The van der Waals surface area contributed by atoms with Gasteiger partial charge in [0.15, 0.2) is 0 Å². The molecule has 94 valence electrons. The second-order valence-corrected chi connectivity index (χ2v) is 6.31. The summed E-state index contributed by atoms with van der Waals surface area (Å²) in [5, 5.41) is 1.94. The van der Waals surface area contributed by atoms with E-state index < -0.39 is 0 Å². The summed E-state index contributed by atoms with van der Waals surface area (Å²) in [7, 11) is 0. The number of hydrogen-bond donors (Lipinski definition) is 1. The quantitative estimate of drug-likeness (QED) is 0.886. The molecule has 1 aliphatic carbocycles. The first-order valence-electron chi connectivity index (χ1n) is 6.56. The second kappa shape index (κ2) is 5.87. The van der Waals surface area contributed by atoms with Crippen molar-refractivity contribution in [1.29, 1.82) is 0 Å². The molecule has 1 saturated carbocycles. The molecule has 17 heavy (non-hydrogen) atoms. The van der Waals surface area contributed by atoms with Crippen LogP contribution in [0.1, 0.15) is 56.3 Å². The third-order valence-corrected chi connectivity index (χ3v) is 4.70. The van der Waals surface area contributed by atoms with Gasteiger partial charge in [-0.2, -0.15) is 0 Å². The van der Waals surface area contributed by atoms with E-state index in [0.29, 0.717) is 0 Å². The minimum atomic E-state index is 0.0798. The molecule has 2 rings (SSSR count). The smallest absolute Gasteiger partial charge is 0.0965 e. The molecule has 0 spiro atoms. The van der Waals surface area contributed by atoms with E-state index in [2.05, 4.69) is 24.0 Å². The Morgan fingerprint density at radius 2 is 2.00 bits per heavy atom. The van der Waals surface area contributed by atoms with E-state index in [0.717, 1.165) is 16.5 Å². The van der Waals surface area contributed by atoms with E-state index in [1.807, 2.05) is 18.7 Å². The molecule has 0 aliphatic heterocycles. The first kappa shape index (κ1) is 12.9. The van der Waals surface area contributed by atoms with Gasteiger partial charge in [-0.25, -0.2) is 4.98 Å². The predicted octanol–water partition coefficient (Wildman–Crippen LogP) is 3.83. The normalized spacial score (nSPS) is 19.2. The van der Waals surface area contributed by atoms with Crippen molar-refractivity contribution < 1.29 is 0 Å². The Balaban J connectivity index is 2.04. The molecule has 0 bridgehead atoms. The zero-order chi connectivity index (χ0) is 12.3. The highest BCUT2D eigenvalue weighted by Gasteiger charge is 2.15. The highest BCUT2D eigenvalue weighted by Crippen LogP contribution is 2.33. The van der Waals surface area contributed by atoms with Crippen molar-refractivity contribution >= 4 is 11.8 Å². The van der Waals surface area contributed by atoms with E-state index in [4.69, 9.17) is 5.73 Å². The zero-order valence-electron chi connectivity index (χ0n) is 10.8. The van der Waals surface area contributed by atoms with Crippen LogP contribution in [0.2, 0.25) is 0 Å². The average molecular weight is 250 g/mol.